The third-order valence-electron chi connectivity index (χ3n) is 5.10. The summed E-state index contributed by atoms with van der Waals surface area (Å²) >= 11 is 0. The molecule has 1 saturated carbocycles. The van der Waals surface area contributed by atoms with Crippen LogP contribution < -0.4 is 10.1 Å². The molecule has 0 radical (unpaired) electrons. The molecular formula is C20H20N4O4. The summed E-state index contributed by atoms with van der Waals surface area (Å²) in [5.74, 6) is 1.13. The third-order valence-corrected chi connectivity index (χ3v) is 5.10. The Morgan fingerprint density at radius 1 is 1.29 bits per heavy atom. The van der Waals surface area contributed by atoms with Crippen molar-refractivity contribution in [3.8, 4) is 5.75 Å². The van der Waals surface area contributed by atoms with Gasteiger partial charge in [-0.15, -0.1) is 0 Å². The standard InChI is InChI=1S/C20H20N4O4/c1-27-17-8-16-18(9-15(17)23-19(26)14-6-7-21-11-22-14)28-20(24-16)13-4-2-12(10-25)3-5-13/h6-13H,2-5H2,1H3,(H,23,26)/t12-,13-. The largest absolute Gasteiger partial charge is 0.494 e. The summed E-state index contributed by atoms with van der Waals surface area (Å²) in [6, 6.07) is 4.98. The molecule has 3 aromatic rings. The lowest BCUT2D eigenvalue weighted by molar-refractivity contribution is -0.112. The molecule has 0 saturated heterocycles. The Kier molecular flexibility index (Phi) is 5.01. The van der Waals surface area contributed by atoms with Crippen molar-refractivity contribution in [3.05, 3.63) is 42.3 Å². The van der Waals surface area contributed by atoms with Crippen LogP contribution in [-0.4, -0.2) is 34.3 Å². The summed E-state index contributed by atoms with van der Waals surface area (Å²) in [6.45, 7) is 0. The van der Waals surface area contributed by atoms with Gasteiger partial charge in [0.2, 0.25) is 0 Å². The Balaban J connectivity index is 1.60. The van der Waals surface area contributed by atoms with Crippen LogP contribution >= 0.6 is 0 Å². The summed E-state index contributed by atoms with van der Waals surface area (Å²) in [7, 11) is 1.53. The smallest absolute Gasteiger partial charge is 0.274 e. The van der Waals surface area contributed by atoms with Gasteiger partial charge in [-0.1, -0.05) is 0 Å². The fourth-order valence-corrected chi connectivity index (χ4v) is 3.53. The number of hydrogen-bond acceptors (Lipinski definition) is 7. The Morgan fingerprint density at radius 2 is 2.11 bits per heavy atom. The zero-order chi connectivity index (χ0) is 19.5. The van der Waals surface area contributed by atoms with Gasteiger partial charge in [0.25, 0.3) is 5.91 Å². The second-order valence-electron chi connectivity index (χ2n) is 6.87. The van der Waals surface area contributed by atoms with Gasteiger partial charge in [-0.05, 0) is 31.7 Å². The minimum Gasteiger partial charge on any atom is -0.494 e. The number of anilines is 1. The lowest BCUT2D eigenvalue weighted by Crippen LogP contribution is -2.14. The molecule has 4 rings (SSSR count). The Hall–Kier alpha value is -3.29. The van der Waals surface area contributed by atoms with Crippen molar-refractivity contribution in [1.82, 2.24) is 15.0 Å². The number of aldehydes is 1. The number of fused-ring (bicyclic) bond motifs is 1. The first-order chi connectivity index (χ1) is 13.7. The number of rotatable bonds is 5. The van der Waals surface area contributed by atoms with Gasteiger partial charge in [-0.2, -0.15) is 0 Å². The van der Waals surface area contributed by atoms with E-state index in [0.717, 1.165) is 32.0 Å². The van der Waals surface area contributed by atoms with E-state index in [2.05, 4.69) is 20.3 Å². The van der Waals surface area contributed by atoms with E-state index >= 15 is 0 Å². The summed E-state index contributed by atoms with van der Waals surface area (Å²) < 4.78 is 11.4. The molecule has 1 aromatic carbocycles. The molecule has 8 heteroatoms. The van der Waals surface area contributed by atoms with Gasteiger partial charge in [0.1, 0.15) is 29.6 Å². The quantitative estimate of drug-likeness (QED) is 0.676. The molecule has 144 valence electrons. The van der Waals surface area contributed by atoms with E-state index in [1.54, 1.807) is 12.1 Å². The average Bonchev–Trinajstić information content (AvgIpc) is 3.16. The fraction of sp³-hybridized carbons (Fsp3) is 0.350. The van der Waals surface area contributed by atoms with E-state index in [9.17, 15) is 9.59 Å². The first kappa shape index (κ1) is 18.1. The molecule has 0 unspecified atom stereocenters. The maximum Gasteiger partial charge on any atom is 0.274 e. The predicted molar refractivity (Wildman–Crippen MR) is 101 cm³/mol. The lowest BCUT2D eigenvalue weighted by atomic mass is 9.83. The minimum absolute atomic E-state index is 0.143. The maximum absolute atomic E-state index is 12.4. The van der Waals surface area contributed by atoms with Gasteiger partial charge in [0.15, 0.2) is 11.5 Å². The molecule has 2 heterocycles. The molecule has 1 aliphatic rings. The van der Waals surface area contributed by atoms with Gasteiger partial charge >= 0.3 is 0 Å². The van der Waals surface area contributed by atoms with Crippen molar-refractivity contribution >= 4 is 29.0 Å². The average molecular weight is 380 g/mol. The molecule has 28 heavy (non-hydrogen) atoms. The highest BCUT2D eigenvalue weighted by Gasteiger charge is 2.26. The normalized spacial score (nSPS) is 19.3. The Labute approximate surface area is 161 Å². The summed E-state index contributed by atoms with van der Waals surface area (Å²) in [5.41, 5.74) is 1.98. The van der Waals surface area contributed by atoms with Crippen LogP contribution in [-0.2, 0) is 4.79 Å². The highest BCUT2D eigenvalue weighted by atomic mass is 16.5. The first-order valence-corrected chi connectivity index (χ1v) is 9.19. The third kappa shape index (κ3) is 3.58. The predicted octanol–water partition coefficient (Wildman–Crippen LogP) is 3.35. The summed E-state index contributed by atoms with van der Waals surface area (Å²) in [5, 5.41) is 2.79. The number of benzene rings is 1. The number of oxazole rings is 1. The van der Waals surface area contributed by atoms with Crippen molar-refractivity contribution in [1.29, 1.82) is 0 Å². The van der Waals surface area contributed by atoms with Crippen LogP contribution in [0.3, 0.4) is 0 Å². The monoisotopic (exact) mass is 380 g/mol. The molecule has 1 amide bonds. The van der Waals surface area contributed by atoms with Crippen LogP contribution in [0, 0.1) is 5.92 Å². The molecule has 2 aromatic heterocycles. The van der Waals surface area contributed by atoms with E-state index in [4.69, 9.17) is 9.15 Å². The van der Waals surface area contributed by atoms with Crippen LogP contribution in [0.25, 0.3) is 11.1 Å². The molecule has 1 fully saturated rings. The van der Waals surface area contributed by atoms with Crippen molar-refractivity contribution in [2.45, 2.75) is 31.6 Å². The van der Waals surface area contributed by atoms with E-state index < -0.39 is 0 Å². The van der Waals surface area contributed by atoms with E-state index in [1.807, 2.05) is 0 Å². The van der Waals surface area contributed by atoms with Crippen LogP contribution in [0.2, 0.25) is 0 Å². The molecule has 8 nitrogen and oxygen atoms in total. The number of methoxy groups -OCH3 is 1. The second kappa shape index (κ2) is 7.75. The molecule has 0 bridgehead atoms. The summed E-state index contributed by atoms with van der Waals surface area (Å²) in [4.78, 5) is 35.7. The van der Waals surface area contributed by atoms with E-state index in [0.29, 0.717) is 28.4 Å². The summed E-state index contributed by atoms with van der Waals surface area (Å²) in [6.07, 6.45) is 7.34. The van der Waals surface area contributed by atoms with Gasteiger partial charge in [-0.3, -0.25) is 4.79 Å². The van der Waals surface area contributed by atoms with Crippen LogP contribution in [0.15, 0.2) is 35.1 Å². The van der Waals surface area contributed by atoms with Gasteiger partial charge in [0.05, 0.1) is 12.8 Å². The Morgan fingerprint density at radius 3 is 2.79 bits per heavy atom. The number of ether oxygens (including phenoxy) is 1. The molecule has 1 N–H and O–H groups in total. The lowest BCUT2D eigenvalue weighted by Gasteiger charge is -2.22. The van der Waals surface area contributed by atoms with Gasteiger partial charge < -0.3 is 19.3 Å². The van der Waals surface area contributed by atoms with Crippen LogP contribution in [0.5, 0.6) is 5.75 Å². The van der Waals surface area contributed by atoms with Crippen molar-refractivity contribution in [3.63, 3.8) is 0 Å². The molecule has 0 spiro atoms. The van der Waals surface area contributed by atoms with Gasteiger partial charge in [-0.25, -0.2) is 15.0 Å². The van der Waals surface area contributed by atoms with Crippen molar-refractivity contribution in [2.24, 2.45) is 5.92 Å². The molecular weight excluding hydrogens is 360 g/mol. The number of nitrogens with zero attached hydrogens (tertiary/aromatic N) is 3. The highest BCUT2D eigenvalue weighted by molar-refractivity contribution is 6.04. The number of hydrogen-bond donors (Lipinski definition) is 1. The number of carbonyl (C=O) groups is 2. The minimum atomic E-state index is -0.369. The highest BCUT2D eigenvalue weighted by Crippen LogP contribution is 2.37. The van der Waals surface area contributed by atoms with E-state index in [1.165, 1.54) is 25.7 Å². The van der Waals surface area contributed by atoms with Crippen molar-refractivity contribution < 1.29 is 18.7 Å². The Bertz CT molecular complexity index is 994. The maximum atomic E-state index is 12.4. The van der Waals surface area contributed by atoms with E-state index in [-0.39, 0.29) is 23.4 Å². The zero-order valence-electron chi connectivity index (χ0n) is 15.4. The number of amides is 1. The topological polar surface area (TPSA) is 107 Å². The number of aromatic nitrogens is 3. The number of carbonyl (C=O) groups excluding carboxylic acids is 2. The van der Waals surface area contributed by atoms with Gasteiger partial charge in [0, 0.05) is 30.2 Å². The van der Waals surface area contributed by atoms with Crippen LogP contribution in [0.4, 0.5) is 5.69 Å². The first-order valence-electron chi connectivity index (χ1n) is 9.19. The molecule has 1 aliphatic carbocycles. The second-order valence-corrected chi connectivity index (χ2v) is 6.87. The SMILES string of the molecule is COc1cc2nc([C@H]3CC[C@H](C=O)CC3)oc2cc1NC(=O)c1ccncn1. The fourth-order valence-electron chi connectivity index (χ4n) is 3.53. The van der Waals surface area contributed by atoms with Crippen LogP contribution in [0.1, 0.15) is 48.0 Å². The number of nitrogens with one attached hydrogen (secondary N) is 1. The van der Waals surface area contributed by atoms with Crippen molar-refractivity contribution in [2.75, 3.05) is 12.4 Å². The molecule has 0 atom stereocenters. The molecule has 0 aliphatic heterocycles. The zero-order valence-corrected chi connectivity index (χ0v) is 15.4.